The highest BCUT2D eigenvalue weighted by Crippen LogP contribution is 2.16. The van der Waals surface area contributed by atoms with Crippen molar-refractivity contribution in [2.24, 2.45) is 0 Å². The number of hydrogen-bond donors (Lipinski definition) is 3. The van der Waals surface area contributed by atoms with Gasteiger partial charge in [-0.1, -0.05) is 12.1 Å². The van der Waals surface area contributed by atoms with E-state index in [-0.39, 0.29) is 29.8 Å². The van der Waals surface area contributed by atoms with E-state index in [1.165, 1.54) is 19.2 Å². The van der Waals surface area contributed by atoms with Crippen LogP contribution in [-0.2, 0) is 14.8 Å². The van der Waals surface area contributed by atoms with Gasteiger partial charge in [-0.2, -0.15) is 0 Å². The summed E-state index contributed by atoms with van der Waals surface area (Å²) in [6.45, 7) is 3.60. The molecule has 0 aromatic heterocycles. The van der Waals surface area contributed by atoms with Gasteiger partial charge in [0.25, 0.3) is 5.91 Å². The zero-order valence-corrected chi connectivity index (χ0v) is 17.4. The average molecular weight is 420 g/mol. The van der Waals surface area contributed by atoms with Crippen molar-refractivity contribution in [2.75, 3.05) is 19.0 Å². The minimum absolute atomic E-state index is 0.0429. The maximum atomic E-state index is 12.3. The fourth-order valence-corrected chi connectivity index (χ4v) is 3.51. The maximum Gasteiger partial charge on any atom is 0.253 e. The molecule has 0 atom stereocenters. The Balaban J connectivity index is 1.94. The van der Waals surface area contributed by atoms with Gasteiger partial charge in [0.15, 0.2) is 0 Å². The predicted molar refractivity (Wildman–Crippen MR) is 110 cm³/mol. The molecule has 0 heterocycles. The van der Waals surface area contributed by atoms with Crippen LogP contribution in [0.1, 0.15) is 30.6 Å². The second-order valence-electron chi connectivity index (χ2n) is 6.55. The van der Waals surface area contributed by atoms with E-state index in [9.17, 15) is 18.0 Å². The van der Waals surface area contributed by atoms with E-state index in [4.69, 9.17) is 4.74 Å². The predicted octanol–water partition coefficient (Wildman–Crippen LogP) is 2.14. The van der Waals surface area contributed by atoms with Gasteiger partial charge in [-0.25, -0.2) is 13.1 Å². The largest absolute Gasteiger partial charge is 0.497 e. The lowest BCUT2D eigenvalue weighted by atomic mass is 10.1. The number of carbonyl (C=O) groups excluding carboxylic acids is 2. The third-order valence-electron chi connectivity index (χ3n) is 3.88. The molecule has 0 unspecified atom stereocenters. The lowest BCUT2D eigenvalue weighted by Crippen LogP contribution is -2.31. The van der Waals surface area contributed by atoms with E-state index in [1.54, 1.807) is 36.4 Å². The third kappa shape index (κ3) is 6.58. The molecule has 0 saturated carbocycles. The normalized spacial score (nSPS) is 11.2. The van der Waals surface area contributed by atoms with Gasteiger partial charge >= 0.3 is 0 Å². The van der Waals surface area contributed by atoms with Crippen molar-refractivity contribution in [3.05, 3.63) is 54.1 Å². The van der Waals surface area contributed by atoms with Gasteiger partial charge in [0, 0.05) is 19.0 Å². The Morgan fingerprint density at radius 1 is 1.03 bits per heavy atom. The summed E-state index contributed by atoms with van der Waals surface area (Å²) in [4.78, 5) is 24.5. The summed E-state index contributed by atoms with van der Waals surface area (Å²) >= 11 is 0. The van der Waals surface area contributed by atoms with E-state index in [0.717, 1.165) is 0 Å². The molecule has 0 spiro atoms. The van der Waals surface area contributed by atoms with E-state index in [1.807, 2.05) is 13.8 Å². The summed E-state index contributed by atoms with van der Waals surface area (Å²) in [7, 11) is -2.25. The molecule has 2 aromatic carbocycles. The number of benzene rings is 2. The quantitative estimate of drug-likeness (QED) is 0.576. The molecule has 0 bridgehead atoms. The van der Waals surface area contributed by atoms with Crippen molar-refractivity contribution in [1.29, 1.82) is 0 Å². The zero-order valence-electron chi connectivity index (χ0n) is 16.6. The topological polar surface area (TPSA) is 114 Å². The first kappa shape index (κ1) is 22.4. The van der Waals surface area contributed by atoms with Crippen LogP contribution in [0.25, 0.3) is 0 Å². The fourth-order valence-electron chi connectivity index (χ4n) is 2.48. The molecule has 0 aliphatic carbocycles. The van der Waals surface area contributed by atoms with Gasteiger partial charge in [-0.15, -0.1) is 0 Å². The summed E-state index contributed by atoms with van der Waals surface area (Å²) in [6.07, 6.45) is -0.0878. The van der Waals surface area contributed by atoms with Crippen molar-refractivity contribution in [3.63, 3.8) is 0 Å². The van der Waals surface area contributed by atoms with Crippen LogP contribution in [0.5, 0.6) is 5.75 Å². The smallest absolute Gasteiger partial charge is 0.253 e. The molecule has 9 heteroatoms. The fraction of sp³-hybridized carbons (Fsp3) is 0.300. The number of amides is 2. The first-order chi connectivity index (χ1) is 13.7. The third-order valence-corrected chi connectivity index (χ3v) is 5.36. The number of sulfonamides is 1. The van der Waals surface area contributed by atoms with Crippen LogP contribution in [0.4, 0.5) is 5.69 Å². The minimum atomic E-state index is -3.74. The van der Waals surface area contributed by atoms with Gasteiger partial charge in [-0.3, -0.25) is 9.59 Å². The molecule has 0 aliphatic rings. The molecule has 29 heavy (non-hydrogen) atoms. The van der Waals surface area contributed by atoms with Gasteiger partial charge in [-0.05, 0) is 50.2 Å². The molecule has 8 nitrogen and oxygen atoms in total. The Kier molecular flexibility index (Phi) is 7.74. The van der Waals surface area contributed by atoms with Crippen LogP contribution in [-0.4, -0.2) is 39.9 Å². The monoisotopic (exact) mass is 419 g/mol. The van der Waals surface area contributed by atoms with Crippen LogP contribution >= 0.6 is 0 Å². The lowest BCUT2D eigenvalue weighted by Gasteiger charge is -2.13. The molecular weight excluding hydrogens is 394 g/mol. The van der Waals surface area contributed by atoms with E-state index >= 15 is 0 Å². The van der Waals surface area contributed by atoms with Gasteiger partial charge in [0.1, 0.15) is 5.75 Å². The molecule has 0 aliphatic heterocycles. The van der Waals surface area contributed by atoms with Gasteiger partial charge in [0.2, 0.25) is 15.9 Å². The number of nitrogens with one attached hydrogen (secondary N) is 3. The molecule has 2 rings (SSSR count). The molecular formula is C20H25N3O5S. The molecule has 3 N–H and O–H groups in total. The van der Waals surface area contributed by atoms with Crippen molar-refractivity contribution in [1.82, 2.24) is 10.0 Å². The SMILES string of the molecule is COc1ccc(S(=O)(=O)NCCC(=O)Nc2ccccc2C(=O)NC(C)C)cc1. The highest BCUT2D eigenvalue weighted by atomic mass is 32.2. The van der Waals surface area contributed by atoms with Crippen molar-refractivity contribution in [3.8, 4) is 5.75 Å². The number of rotatable bonds is 9. The number of methoxy groups -OCH3 is 1. The van der Waals surface area contributed by atoms with Crippen LogP contribution in [0.2, 0.25) is 0 Å². The summed E-state index contributed by atoms with van der Waals surface area (Å²) in [5.74, 6) is -0.160. The summed E-state index contributed by atoms with van der Waals surface area (Å²) in [6, 6.07) is 12.5. The lowest BCUT2D eigenvalue weighted by molar-refractivity contribution is -0.116. The number of ether oxygens (including phenoxy) is 1. The van der Waals surface area contributed by atoms with Gasteiger partial charge in [0.05, 0.1) is 23.3 Å². The van der Waals surface area contributed by atoms with Crippen molar-refractivity contribution in [2.45, 2.75) is 31.2 Å². The van der Waals surface area contributed by atoms with Crippen molar-refractivity contribution < 1.29 is 22.7 Å². The molecule has 0 saturated heterocycles. The standard InChI is InChI=1S/C20H25N3O5S/c1-14(2)22-20(25)17-6-4-5-7-18(17)23-19(24)12-13-21-29(26,27)16-10-8-15(28-3)9-11-16/h4-11,14,21H,12-13H2,1-3H3,(H,22,25)(H,23,24). The first-order valence-electron chi connectivity index (χ1n) is 9.06. The number of hydrogen-bond acceptors (Lipinski definition) is 5. The Morgan fingerprint density at radius 3 is 2.31 bits per heavy atom. The van der Waals surface area contributed by atoms with E-state index in [2.05, 4.69) is 15.4 Å². The van der Waals surface area contributed by atoms with Gasteiger partial charge < -0.3 is 15.4 Å². The van der Waals surface area contributed by atoms with Crippen LogP contribution in [0.15, 0.2) is 53.4 Å². The molecule has 156 valence electrons. The summed E-state index contributed by atoms with van der Waals surface area (Å²) in [5.41, 5.74) is 0.710. The Hall–Kier alpha value is -2.91. The molecule has 0 radical (unpaired) electrons. The summed E-state index contributed by atoms with van der Waals surface area (Å²) < 4.78 is 31.9. The molecule has 0 fully saturated rings. The second-order valence-corrected chi connectivity index (χ2v) is 8.31. The van der Waals surface area contributed by atoms with E-state index < -0.39 is 15.9 Å². The Morgan fingerprint density at radius 2 is 1.69 bits per heavy atom. The van der Waals surface area contributed by atoms with Crippen molar-refractivity contribution >= 4 is 27.5 Å². The number of carbonyl (C=O) groups is 2. The second kappa shape index (κ2) is 10.0. The molecule has 2 aromatic rings. The highest BCUT2D eigenvalue weighted by molar-refractivity contribution is 7.89. The molecule has 2 amide bonds. The highest BCUT2D eigenvalue weighted by Gasteiger charge is 2.16. The Labute approximate surface area is 170 Å². The summed E-state index contributed by atoms with van der Waals surface area (Å²) in [5, 5.41) is 5.43. The number of anilines is 1. The average Bonchev–Trinajstić information content (AvgIpc) is 2.67. The number of para-hydroxylation sites is 1. The maximum absolute atomic E-state index is 12.3. The Bertz CT molecular complexity index is 956. The van der Waals surface area contributed by atoms with E-state index in [0.29, 0.717) is 17.0 Å². The van der Waals surface area contributed by atoms with Crippen LogP contribution in [0, 0.1) is 0 Å². The minimum Gasteiger partial charge on any atom is -0.497 e. The van der Waals surface area contributed by atoms with Crippen LogP contribution < -0.4 is 20.1 Å². The first-order valence-corrected chi connectivity index (χ1v) is 10.5. The zero-order chi connectivity index (χ0) is 21.4. The van der Waals surface area contributed by atoms with Crippen LogP contribution in [0.3, 0.4) is 0 Å².